The van der Waals surface area contributed by atoms with Crippen LogP contribution in [0.15, 0.2) is 18.2 Å². The molecule has 1 saturated heterocycles. The third-order valence-corrected chi connectivity index (χ3v) is 4.40. The Kier molecular flexibility index (Phi) is 2.65. The zero-order valence-electron chi connectivity index (χ0n) is 11.7. The first kappa shape index (κ1) is 12.9. The fourth-order valence-electron chi connectivity index (χ4n) is 3.02. The predicted octanol–water partition coefficient (Wildman–Crippen LogP) is 3.19. The van der Waals surface area contributed by atoms with E-state index in [1.54, 1.807) is 0 Å². The molecule has 1 aromatic carbocycles. The Balaban J connectivity index is 1.76. The van der Waals surface area contributed by atoms with Crippen LogP contribution in [0.5, 0.6) is 0 Å². The third-order valence-electron chi connectivity index (χ3n) is 4.40. The van der Waals surface area contributed by atoms with Crippen LogP contribution >= 0.6 is 0 Å². The topological polar surface area (TPSA) is 47.1 Å². The van der Waals surface area contributed by atoms with E-state index in [0.29, 0.717) is 24.8 Å². The van der Waals surface area contributed by atoms with Crippen LogP contribution in [0.4, 0.5) is 20.3 Å². The molecule has 0 unspecified atom stereocenters. The van der Waals surface area contributed by atoms with E-state index in [1.165, 1.54) is 0 Å². The SMILES string of the molecule is Nc1ccc2c(c1)c(N1CCC(F)(F)CC1)nn2C1CC1. The first-order chi connectivity index (χ1) is 10.0. The maximum atomic E-state index is 13.3. The van der Waals surface area contributed by atoms with Crippen molar-refractivity contribution in [3.05, 3.63) is 18.2 Å². The zero-order valence-corrected chi connectivity index (χ0v) is 11.7. The molecule has 2 heterocycles. The Morgan fingerprint density at radius 1 is 1.19 bits per heavy atom. The molecule has 6 heteroatoms. The fourth-order valence-corrected chi connectivity index (χ4v) is 3.02. The van der Waals surface area contributed by atoms with Crippen LogP contribution in [0, 0.1) is 0 Å². The van der Waals surface area contributed by atoms with E-state index in [9.17, 15) is 8.78 Å². The van der Waals surface area contributed by atoms with Gasteiger partial charge < -0.3 is 10.6 Å². The second-order valence-electron chi connectivity index (χ2n) is 6.12. The molecule has 4 rings (SSSR count). The van der Waals surface area contributed by atoms with Crippen LogP contribution in [-0.4, -0.2) is 28.8 Å². The molecule has 1 aliphatic heterocycles. The molecule has 0 amide bonds. The highest BCUT2D eigenvalue weighted by atomic mass is 19.3. The van der Waals surface area contributed by atoms with Crippen molar-refractivity contribution in [2.24, 2.45) is 0 Å². The predicted molar refractivity (Wildman–Crippen MR) is 78.8 cm³/mol. The van der Waals surface area contributed by atoms with Crippen LogP contribution < -0.4 is 10.6 Å². The Morgan fingerprint density at radius 2 is 1.90 bits per heavy atom. The molecule has 1 aromatic heterocycles. The number of fused-ring (bicyclic) bond motifs is 1. The molecule has 0 spiro atoms. The lowest BCUT2D eigenvalue weighted by Gasteiger charge is -2.32. The average Bonchev–Trinajstić information content (AvgIpc) is 3.21. The first-order valence-corrected chi connectivity index (χ1v) is 7.44. The van der Waals surface area contributed by atoms with Crippen molar-refractivity contribution in [2.75, 3.05) is 23.7 Å². The van der Waals surface area contributed by atoms with E-state index in [4.69, 9.17) is 10.8 Å². The summed E-state index contributed by atoms with van der Waals surface area (Å²) in [4.78, 5) is 1.97. The van der Waals surface area contributed by atoms with Gasteiger partial charge in [0.25, 0.3) is 5.92 Å². The molecule has 4 nitrogen and oxygen atoms in total. The smallest absolute Gasteiger partial charge is 0.251 e. The number of benzene rings is 1. The minimum Gasteiger partial charge on any atom is -0.399 e. The van der Waals surface area contributed by atoms with Gasteiger partial charge in [0.15, 0.2) is 5.82 Å². The Bertz CT molecular complexity index is 680. The lowest BCUT2D eigenvalue weighted by molar-refractivity contribution is -0.0221. The summed E-state index contributed by atoms with van der Waals surface area (Å²) in [5, 5.41) is 5.68. The van der Waals surface area contributed by atoms with Gasteiger partial charge in [-0.25, -0.2) is 8.78 Å². The van der Waals surface area contributed by atoms with Crippen LogP contribution in [0.2, 0.25) is 0 Å². The number of alkyl halides is 2. The van der Waals surface area contributed by atoms with Gasteiger partial charge in [-0.3, -0.25) is 4.68 Å². The summed E-state index contributed by atoms with van der Waals surface area (Å²) in [6.45, 7) is 0.692. The molecule has 1 aliphatic carbocycles. The number of piperidine rings is 1. The number of hydrogen-bond acceptors (Lipinski definition) is 3. The van der Waals surface area contributed by atoms with Crippen molar-refractivity contribution in [2.45, 2.75) is 37.6 Å². The van der Waals surface area contributed by atoms with Gasteiger partial charge in [-0.2, -0.15) is 5.10 Å². The number of nitrogens with zero attached hydrogens (tertiary/aromatic N) is 3. The quantitative estimate of drug-likeness (QED) is 0.865. The lowest BCUT2D eigenvalue weighted by Crippen LogP contribution is -2.39. The highest BCUT2D eigenvalue weighted by Gasteiger charge is 2.36. The van der Waals surface area contributed by atoms with Gasteiger partial charge in [0, 0.05) is 37.0 Å². The van der Waals surface area contributed by atoms with Crippen molar-refractivity contribution in [1.82, 2.24) is 9.78 Å². The molecule has 21 heavy (non-hydrogen) atoms. The molecular weight excluding hydrogens is 274 g/mol. The minimum atomic E-state index is -2.54. The number of anilines is 2. The Morgan fingerprint density at radius 3 is 2.57 bits per heavy atom. The summed E-state index contributed by atoms with van der Waals surface area (Å²) in [7, 11) is 0. The Labute approximate surface area is 121 Å². The van der Waals surface area contributed by atoms with Gasteiger partial charge in [-0.15, -0.1) is 0 Å². The summed E-state index contributed by atoms with van der Waals surface area (Å²) in [5.74, 6) is -1.73. The van der Waals surface area contributed by atoms with Crippen LogP contribution in [0.3, 0.4) is 0 Å². The van der Waals surface area contributed by atoms with Crippen LogP contribution in [0.1, 0.15) is 31.7 Å². The normalized spacial score (nSPS) is 21.9. The second kappa shape index (κ2) is 4.32. The van der Waals surface area contributed by atoms with Gasteiger partial charge in [0.1, 0.15) is 0 Å². The summed E-state index contributed by atoms with van der Waals surface area (Å²) < 4.78 is 28.7. The van der Waals surface area contributed by atoms with E-state index in [2.05, 4.69) is 0 Å². The van der Waals surface area contributed by atoms with Crippen molar-refractivity contribution in [1.29, 1.82) is 0 Å². The number of nitrogens with two attached hydrogens (primary N) is 1. The van der Waals surface area contributed by atoms with Crippen LogP contribution in [-0.2, 0) is 0 Å². The van der Waals surface area contributed by atoms with Gasteiger partial charge in [-0.1, -0.05) is 0 Å². The van der Waals surface area contributed by atoms with Crippen molar-refractivity contribution in [3.63, 3.8) is 0 Å². The Hall–Kier alpha value is -1.85. The molecule has 112 valence electrons. The highest BCUT2D eigenvalue weighted by Crippen LogP contribution is 2.40. The third kappa shape index (κ3) is 2.22. The molecule has 2 aromatic rings. The van der Waals surface area contributed by atoms with Gasteiger partial charge in [0.05, 0.1) is 11.6 Å². The fraction of sp³-hybridized carbons (Fsp3) is 0.533. The monoisotopic (exact) mass is 292 g/mol. The molecule has 2 aliphatic rings. The van der Waals surface area contributed by atoms with Crippen molar-refractivity contribution in [3.8, 4) is 0 Å². The number of aromatic nitrogens is 2. The maximum absolute atomic E-state index is 13.3. The number of rotatable bonds is 2. The number of nitrogen functional groups attached to an aromatic ring is 1. The van der Waals surface area contributed by atoms with Gasteiger partial charge >= 0.3 is 0 Å². The molecule has 2 N–H and O–H groups in total. The van der Waals surface area contributed by atoms with E-state index in [1.807, 2.05) is 27.8 Å². The van der Waals surface area contributed by atoms with E-state index in [-0.39, 0.29) is 12.8 Å². The number of halogens is 2. The molecule has 0 atom stereocenters. The van der Waals surface area contributed by atoms with Crippen molar-refractivity contribution < 1.29 is 8.78 Å². The maximum Gasteiger partial charge on any atom is 0.251 e. The summed E-state index contributed by atoms with van der Waals surface area (Å²) in [5.41, 5.74) is 7.63. The molecular formula is C15H18F2N4. The molecule has 0 bridgehead atoms. The highest BCUT2D eigenvalue weighted by molar-refractivity contribution is 5.93. The van der Waals surface area contributed by atoms with Crippen molar-refractivity contribution >= 4 is 22.4 Å². The summed E-state index contributed by atoms with van der Waals surface area (Å²) in [6, 6.07) is 6.22. The first-order valence-electron chi connectivity index (χ1n) is 7.44. The summed E-state index contributed by atoms with van der Waals surface area (Å²) >= 11 is 0. The van der Waals surface area contributed by atoms with E-state index in [0.717, 1.165) is 29.6 Å². The van der Waals surface area contributed by atoms with Crippen LogP contribution in [0.25, 0.3) is 10.9 Å². The standard InChI is InChI=1S/C15H18F2N4/c16-15(17)5-7-20(8-6-15)14-12-9-10(18)1-4-13(12)21(19-14)11-2-3-11/h1,4,9,11H,2-3,5-8,18H2. The second-order valence-corrected chi connectivity index (χ2v) is 6.12. The average molecular weight is 292 g/mol. The lowest BCUT2D eigenvalue weighted by atomic mass is 10.1. The molecule has 2 fully saturated rings. The summed E-state index contributed by atoms with van der Waals surface area (Å²) in [6.07, 6.45) is 2.07. The minimum absolute atomic E-state index is 0.104. The van der Waals surface area contributed by atoms with Gasteiger partial charge in [-0.05, 0) is 31.0 Å². The molecule has 1 saturated carbocycles. The number of hydrogen-bond donors (Lipinski definition) is 1. The largest absolute Gasteiger partial charge is 0.399 e. The molecule has 0 radical (unpaired) electrons. The van der Waals surface area contributed by atoms with Gasteiger partial charge in [0.2, 0.25) is 0 Å². The zero-order chi connectivity index (χ0) is 14.6. The van der Waals surface area contributed by atoms with E-state index >= 15 is 0 Å². The van der Waals surface area contributed by atoms with E-state index < -0.39 is 5.92 Å².